The summed E-state index contributed by atoms with van der Waals surface area (Å²) in [6, 6.07) is 0. The van der Waals surface area contributed by atoms with Gasteiger partial charge in [0.05, 0.1) is 6.61 Å². The fourth-order valence-corrected chi connectivity index (χ4v) is 7.12. The molecule has 0 aromatic heterocycles. The van der Waals surface area contributed by atoms with Crippen molar-refractivity contribution in [2.75, 3.05) is 13.2 Å². The number of phosphoric ester groups is 1. The van der Waals surface area contributed by atoms with Crippen molar-refractivity contribution in [3.63, 3.8) is 0 Å². The Morgan fingerprint density at radius 2 is 1.02 bits per heavy atom. The summed E-state index contributed by atoms with van der Waals surface area (Å²) in [6.07, 6.45) is 18.5. The fraction of sp³-hybridized carbons (Fsp3) is 0.850. The average molecular weight is 793 g/mol. The lowest BCUT2D eigenvalue weighted by Gasteiger charge is -2.41. The number of aliphatic hydroxyl groups excluding tert-OH is 5. The fourth-order valence-electron chi connectivity index (χ4n) is 6.15. The van der Waals surface area contributed by atoms with Gasteiger partial charge in [-0.1, -0.05) is 134 Å². The predicted octanol–water partition coefficient (Wildman–Crippen LogP) is 6.89. The first kappa shape index (κ1) is 50.3. The molecule has 0 aromatic rings. The van der Waals surface area contributed by atoms with Crippen molar-refractivity contribution in [3.8, 4) is 0 Å². The quantitative estimate of drug-likeness (QED) is 0.0173. The number of aliphatic hydroxyl groups is 5. The normalized spacial score (nSPS) is 23.5. The lowest BCUT2D eigenvalue weighted by atomic mass is 9.85. The van der Waals surface area contributed by atoms with Gasteiger partial charge in [0.2, 0.25) is 0 Å². The number of hydrogen-bond acceptors (Lipinski definition) is 12. The smallest absolute Gasteiger partial charge is 0.462 e. The van der Waals surface area contributed by atoms with Gasteiger partial charge in [-0.15, -0.1) is 0 Å². The Balaban J connectivity index is 2.49. The molecule has 1 aliphatic rings. The predicted molar refractivity (Wildman–Crippen MR) is 207 cm³/mol. The van der Waals surface area contributed by atoms with Crippen LogP contribution in [0.2, 0.25) is 0 Å². The summed E-state index contributed by atoms with van der Waals surface area (Å²) in [4.78, 5) is 35.4. The first-order valence-corrected chi connectivity index (χ1v) is 22.1. The van der Waals surface area contributed by atoms with E-state index in [4.69, 9.17) is 18.5 Å². The minimum atomic E-state index is -5.11. The van der Waals surface area contributed by atoms with Crippen LogP contribution < -0.4 is 0 Å². The minimum Gasteiger partial charge on any atom is -0.462 e. The topological polar surface area (TPSA) is 210 Å². The van der Waals surface area contributed by atoms with Crippen LogP contribution in [0.1, 0.15) is 162 Å². The van der Waals surface area contributed by atoms with Crippen LogP contribution >= 0.6 is 7.82 Å². The monoisotopic (exact) mass is 792 g/mol. The van der Waals surface area contributed by atoms with E-state index in [0.717, 1.165) is 38.5 Å². The second kappa shape index (κ2) is 31.4. The van der Waals surface area contributed by atoms with Crippen molar-refractivity contribution < 1.29 is 63.1 Å². The highest BCUT2D eigenvalue weighted by Crippen LogP contribution is 2.47. The van der Waals surface area contributed by atoms with Gasteiger partial charge >= 0.3 is 19.8 Å². The molecule has 54 heavy (non-hydrogen) atoms. The van der Waals surface area contributed by atoms with Gasteiger partial charge in [0, 0.05) is 12.8 Å². The van der Waals surface area contributed by atoms with E-state index >= 15 is 0 Å². The van der Waals surface area contributed by atoms with E-state index in [1.54, 1.807) is 0 Å². The molecular weight excluding hydrogens is 719 g/mol. The van der Waals surface area contributed by atoms with Gasteiger partial charge in [-0.3, -0.25) is 18.6 Å². The first-order chi connectivity index (χ1) is 25.9. The number of carbonyl (C=O) groups excluding carboxylic acids is 2. The van der Waals surface area contributed by atoms with Gasteiger partial charge in [-0.2, -0.15) is 0 Å². The van der Waals surface area contributed by atoms with Gasteiger partial charge in [-0.05, 0) is 38.5 Å². The van der Waals surface area contributed by atoms with Crippen LogP contribution in [0.5, 0.6) is 0 Å². The largest absolute Gasteiger partial charge is 0.472 e. The van der Waals surface area contributed by atoms with E-state index < -0.39 is 75.7 Å². The number of unbranched alkanes of at least 4 members (excludes halogenated alkanes) is 17. The molecule has 0 aliphatic heterocycles. The highest BCUT2D eigenvalue weighted by Gasteiger charge is 2.51. The third-order valence-electron chi connectivity index (χ3n) is 9.55. The molecule has 1 aliphatic carbocycles. The lowest BCUT2D eigenvalue weighted by Crippen LogP contribution is -2.64. The summed E-state index contributed by atoms with van der Waals surface area (Å²) in [5, 5.41) is 49.9. The standard InChI is InChI=1S/C40H73O13P/c1-3-5-7-9-11-13-14-15-16-17-18-19-20-21-23-24-26-28-33(41)50-30-32(52-34(42)29-27-25-22-12-10-8-6-4-2)31-51-54(48,49)53-40-38(46)36(44)35(43)37(45)39(40)47/h18-19,21,23,32,35-40,43-47H,3-17,20,22,24-31H2,1-2H3,(H,48,49)/b19-18+,23-21+/t32-,35?,36-,37?,38?,39?,40?/m0/s1. The second-order valence-corrected chi connectivity index (χ2v) is 15.9. The van der Waals surface area contributed by atoms with Crippen LogP contribution in [-0.2, 0) is 32.7 Å². The molecule has 14 heteroatoms. The molecule has 6 N–H and O–H groups in total. The van der Waals surface area contributed by atoms with Crippen molar-refractivity contribution in [1.29, 1.82) is 0 Å². The molecule has 0 heterocycles. The number of hydrogen-bond donors (Lipinski definition) is 6. The number of esters is 2. The minimum absolute atomic E-state index is 0.0893. The van der Waals surface area contributed by atoms with Crippen LogP contribution in [0.25, 0.3) is 0 Å². The van der Waals surface area contributed by atoms with Crippen molar-refractivity contribution in [3.05, 3.63) is 24.3 Å². The third-order valence-corrected chi connectivity index (χ3v) is 10.5. The molecule has 0 amide bonds. The first-order valence-electron chi connectivity index (χ1n) is 20.6. The van der Waals surface area contributed by atoms with E-state index in [9.17, 15) is 44.6 Å². The van der Waals surface area contributed by atoms with Crippen LogP contribution in [0.15, 0.2) is 24.3 Å². The molecule has 1 saturated carbocycles. The Bertz CT molecular complexity index is 1050. The Kier molecular flexibility index (Phi) is 29.3. The van der Waals surface area contributed by atoms with Crippen LogP contribution in [0.3, 0.4) is 0 Å². The molecule has 0 saturated heterocycles. The summed E-state index contributed by atoms with van der Waals surface area (Å²) >= 11 is 0. The van der Waals surface area contributed by atoms with Crippen LogP contribution in [0, 0.1) is 0 Å². The highest BCUT2D eigenvalue weighted by molar-refractivity contribution is 7.47. The molecule has 6 unspecified atom stereocenters. The number of allylic oxidation sites excluding steroid dienone is 4. The number of carbonyl (C=O) groups is 2. The van der Waals surface area contributed by atoms with Gasteiger partial charge in [-0.25, -0.2) is 4.57 Å². The molecule has 0 bridgehead atoms. The number of phosphoric acid groups is 1. The zero-order valence-electron chi connectivity index (χ0n) is 33.0. The van der Waals surface area contributed by atoms with Crippen molar-refractivity contribution in [1.82, 2.24) is 0 Å². The maximum Gasteiger partial charge on any atom is 0.472 e. The van der Waals surface area contributed by atoms with Crippen molar-refractivity contribution >= 4 is 19.8 Å². The number of rotatable bonds is 33. The van der Waals surface area contributed by atoms with Crippen molar-refractivity contribution in [2.45, 2.75) is 204 Å². The van der Waals surface area contributed by atoms with Crippen molar-refractivity contribution in [2.24, 2.45) is 0 Å². The molecule has 8 atom stereocenters. The Hall–Kier alpha value is -1.67. The highest BCUT2D eigenvalue weighted by atomic mass is 31.2. The molecule has 0 aromatic carbocycles. The Morgan fingerprint density at radius 1 is 0.574 bits per heavy atom. The second-order valence-electron chi connectivity index (χ2n) is 14.5. The van der Waals surface area contributed by atoms with E-state index in [1.165, 1.54) is 77.0 Å². The number of ether oxygens (including phenoxy) is 2. The molecule has 0 spiro atoms. The molecular formula is C40H73O13P. The summed E-state index contributed by atoms with van der Waals surface area (Å²) in [7, 11) is -5.11. The summed E-state index contributed by atoms with van der Waals surface area (Å²) in [5.74, 6) is -1.16. The lowest BCUT2D eigenvalue weighted by molar-refractivity contribution is -0.220. The van der Waals surface area contributed by atoms with E-state index in [2.05, 4.69) is 32.1 Å². The third kappa shape index (κ3) is 24.1. The van der Waals surface area contributed by atoms with E-state index in [-0.39, 0.29) is 12.8 Å². The molecule has 1 fully saturated rings. The maximum atomic E-state index is 12.7. The average Bonchev–Trinajstić information content (AvgIpc) is 3.15. The maximum absolute atomic E-state index is 12.7. The Labute approximate surface area is 324 Å². The van der Waals surface area contributed by atoms with Gasteiger partial charge in [0.15, 0.2) is 6.10 Å². The van der Waals surface area contributed by atoms with Crippen LogP contribution in [-0.4, -0.2) is 98.3 Å². The van der Waals surface area contributed by atoms with E-state index in [1.807, 2.05) is 6.08 Å². The van der Waals surface area contributed by atoms with Gasteiger partial charge in [0.1, 0.15) is 43.2 Å². The molecule has 0 radical (unpaired) electrons. The molecule has 1 rings (SSSR count). The van der Waals surface area contributed by atoms with Gasteiger partial charge < -0.3 is 39.9 Å². The summed E-state index contributed by atoms with van der Waals surface area (Å²) < 4.78 is 33.2. The summed E-state index contributed by atoms with van der Waals surface area (Å²) in [6.45, 7) is 3.19. The molecule has 316 valence electrons. The summed E-state index contributed by atoms with van der Waals surface area (Å²) in [5.41, 5.74) is 0. The van der Waals surface area contributed by atoms with Crippen LogP contribution in [0.4, 0.5) is 0 Å². The SMILES string of the molecule is CCCCCCCCCCC/C=C/C/C=C/CCCC(=O)OC[C@@H](COP(=O)(O)OC1C(O)C(O)C(O)[C@H](O)C1O)OC(=O)CCCCCCCCCC. The van der Waals surface area contributed by atoms with E-state index in [0.29, 0.717) is 19.3 Å². The zero-order chi connectivity index (χ0) is 40.0. The zero-order valence-corrected chi connectivity index (χ0v) is 33.9. The van der Waals surface area contributed by atoms with Gasteiger partial charge in [0.25, 0.3) is 0 Å². The Morgan fingerprint density at radius 3 is 1.56 bits per heavy atom. The molecule has 13 nitrogen and oxygen atoms in total.